The van der Waals surface area contributed by atoms with Gasteiger partial charge < -0.3 is 0 Å². The number of terminal acetylenes is 2. The molecule has 0 aliphatic heterocycles. The molecule has 0 fully saturated rings. The first-order valence-corrected chi connectivity index (χ1v) is 4.33. The molecule has 0 aliphatic carbocycles. The van der Waals surface area contributed by atoms with Crippen molar-refractivity contribution < 1.29 is 0 Å². The van der Waals surface area contributed by atoms with Crippen molar-refractivity contribution in [3.63, 3.8) is 0 Å². The molecule has 0 rings (SSSR count). The van der Waals surface area contributed by atoms with E-state index in [9.17, 15) is 0 Å². The molecule has 0 heteroatoms. The Morgan fingerprint density at radius 3 is 0.611 bits per heavy atom. The summed E-state index contributed by atoms with van der Waals surface area (Å²) in [6.07, 6.45) is 9.76. The molecule has 74 valence electrons. The van der Waals surface area contributed by atoms with E-state index in [1.807, 2.05) is 0 Å². The van der Waals surface area contributed by atoms with Gasteiger partial charge in [0.15, 0.2) is 0 Å². The molecule has 0 radical (unpaired) electrons. The quantitative estimate of drug-likeness (QED) is 0.512. The fraction of sp³-hybridized carbons (Fsp3) is 0. The van der Waals surface area contributed by atoms with E-state index in [1.165, 1.54) is 0 Å². The standard InChI is InChI=1S/C18H2/c1-3-5-7-9-11-13-15-17-18-16-14-12-10-8-6-4-2/h1-2H. The minimum absolute atomic E-state index is 2.12. The van der Waals surface area contributed by atoms with Crippen molar-refractivity contribution in [1.29, 1.82) is 0 Å². The highest BCUT2D eigenvalue weighted by molar-refractivity contribution is 5.46. The van der Waals surface area contributed by atoms with Gasteiger partial charge in [0.05, 0.1) is 0 Å². The third-order valence-corrected chi connectivity index (χ3v) is 0.957. The average Bonchev–Trinajstić information content (AvgIpc) is 2.39. The maximum Gasteiger partial charge on any atom is -0.0000000000000000272 e. The van der Waals surface area contributed by atoms with Crippen LogP contribution in [0.2, 0.25) is 0 Å². The molecule has 0 heterocycles. The van der Waals surface area contributed by atoms with E-state index in [0.717, 1.165) is 0 Å². The van der Waals surface area contributed by atoms with Gasteiger partial charge in [0.1, 0.15) is 0 Å². The fourth-order valence-corrected chi connectivity index (χ4v) is 0.447. The second kappa shape index (κ2) is 13.0. The molecule has 0 bridgehead atoms. The van der Waals surface area contributed by atoms with Crippen LogP contribution in [0, 0.1) is 108 Å². The summed E-state index contributed by atoms with van der Waals surface area (Å²) in [7, 11) is 0. The average molecular weight is 218 g/mol. The molecular weight excluding hydrogens is 216 g/mol. The summed E-state index contributed by atoms with van der Waals surface area (Å²) in [6, 6.07) is 0. The van der Waals surface area contributed by atoms with E-state index in [0.29, 0.717) is 0 Å². The number of hydrogen-bond donors (Lipinski definition) is 0. The Bertz CT molecular complexity index is 743. The Morgan fingerprint density at radius 1 is 0.278 bits per heavy atom. The lowest BCUT2D eigenvalue weighted by molar-refractivity contribution is 2.33. The first-order valence-electron chi connectivity index (χ1n) is 4.33. The Morgan fingerprint density at radius 2 is 0.444 bits per heavy atom. The lowest BCUT2D eigenvalue weighted by Gasteiger charge is -1.56. The summed E-state index contributed by atoms with van der Waals surface area (Å²) in [6.45, 7) is 0. The van der Waals surface area contributed by atoms with Crippen LogP contribution < -0.4 is 0 Å². The summed E-state index contributed by atoms with van der Waals surface area (Å²) in [5, 5.41) is 0. The molecule has 0 N–H and O–H groups in total. The van der Waals surface area contributed by atoms with Crippen molar-refractivity contribution in [3.8, 4) is 108 Å². The smallest absolute Gasteiger partial charge is 0.0000000000000000272 e. The van der Waals surface area contributed by atoms with Crippen molar-refractivity contribution in [2.45, 2.75) is 0 Å². The van der Waals surface area contributed by atoms with Crippen LogP contribution in [0.25, 0.3) is 0 Å². The molecule has 0 aliphatic rings. The summed E-state index contributed by atoms with van der Waals surface area (Å²) < 4.78 is 0. The molecule has 0 atom stereocenters. The summed E-state index contributed by atoms with van der Waals surface area (Å²) in [5.41, 5.74) is 0. The van der Waals surface area contributed by atoms with Gasteiger partial charge in [0, 0.05) is 0 Å². The van der Waals surface area contributed by atoms with Gasteiger partial charge in [0.2, 0.25) is 0 Å². The molecule has 18 heavy (non-hydrogen) atoms. The van der Waals surface area contributed by atoms with Crippen molar-refractivity contribution in [1.82, 2.24) is 0 Å². The van der Waals surface area contributed by atoms with Crippen molar-refractivity contribution in [2.75, 3.05) is 0 Å². The predicted molar refractivity (Wildman–Crippen MR) is 72.1 cm³/mol. The van der Waals surface area contributed by atoms with Crippen LogP contribution in [0.1, 0.15) is 0 Å². The zero-order valence-electron chi connectivity index (χ0n) is 9.15. The maximum absolute atomic E-state index is 4.88. The van der Waals surface area contributed by atoms with Gasteiger partial charge >= 0.3 is 0 Å². The summed E-state index contributed by atoms with van der Waals surface area (Å²) in [5.74, 6) is 38.2. The molecule has 0 amide bonds. The lowest BCUT2D eigenvalue weighted by Crippen LogP contribution is -1.55. The number of hydrogen-bond acceptors (Lipinski definition) is 0. The van der Waals surface area contributed by atoms with E-state index in [4.69, 9.17) is 12.8 Å². The van der Waals surface area contributed by atoms with Crippen LogP contribution in [-0.4, -0.2) is 0 Å². The van der Waals surface area contributed by atoms with E-state index in [-0.39, 0.29) is 0 Å². The van der Waals surface area contributed by atoms with Gasteiger partial charge in [-0.15, -0.1) is 12.8 Å². The Balaban J connectivity index is 4.31. The van der Waals surface area contributed by atoms with Gasteiger partial charge in [-0.1, -0.05) is 0 Å². The van der Waals surface area contributed by atoms with Crippen LogP contribution >= 0.6 is 0 Å². The topological polar surface area (TPSA) is 0 Å². The van der Waals surface area contributed by atoms with Gasteiger partial charge in [-0.25, -0.2) is 0 Å². The minimum atomic E-state index is 2.12. The molecule has 0 spiro atoms. The first kappa shape index (κ1) is 14.0. The SMILES string of the molecule is C#CC#CC#CC#CC#CC#CC#CC#CC#C. The number of rotatable bonds is 0. The second-order valence-electron chi connectivity index (χ2n) is 2.04. The van der Waals surface area contributed by atoms with Crippen LogP contribution in [0.3, 0.4) is 0 Å². The second-order valence-corrected chi connectivity index (χ2v) is 2.04. The molecule has 0 aromatic rings. The van der Waals surface area contributed by atoms with Crippen molar-refractivity contribution >= 4 is 0 Å². The van der Waals surface area contributed by atoms with E-state index in [1.54, 1.807) is 0 Å². The molecule has 0 aromatic carbocycles. The molecular formula is C18H2. The highest BCUT2D eigenvalue weighted by Crippen LogP contribution is 1.57. The summed E-state index contributed by atoms with van der Waals surface area (Å²) in [4.78, 5) is 0. The monoisotopic (exact) mass is 218 g/mol. The molecule has 0 aromatic heterocycles. The van der Waals surface area contributed by atoms with Gasteiger partial charge in [-0.2, -0.15) is 0 Å². The normalized spacial score (nSPS) is 3.67. The van der Waals surface area contributed by atoms with Crippen LogP contribution in [0.5, 0.6) is 0 Å². The molecule has 0 nitrogen and oxygen atoms in total. The van der Waals surface area contributed by atoms with Crippen LogP contribution in [0.15, 0.2) is 0 Å². The summed E-state index contributed by atoms with van der Waals surface area (Å²) >= 11 is 0. The predicted octanol–water partition coefficient (Wildman–Crippen LogP) is 0.277. The lowest BCUT2D eigenvalue weighted by atomic mass is 10.5. The Hall–Kier alpha value is -3.96. The highest BCUT2D eigenvalue weighted by Gasteiger charge is 1.57. The molecule has 0 saturated heterocycles. The van der Waals surface area contributed by atoms with Crippen LogP contribution in [0.4, 0.5) is 0 Å². The van der Waals surface area contributed by atoms with Crippen molar-refractivity contribution in [2.24, 2.45) is 0 Å². The third-order valence-electron chi connectivity index (χ3n) is 0.957. The highest BCUT2D eigenvalue weighted by atomic mass is 13.6. The minimum Gasteiger partial charge on any atom is -0.106 e. The van der Waals surface area contributed by atoms with E-state index < -0.39 is 0 Å². The largest absolute Gasteiger partial charge is 0.106 e. The van der Waals surface area contributed by atoms with Gasteiger partial charge in [0.25, 0.3) is 0 Å². The van der Waals surface area contributed by atoms with E-state index >= 15 is 0 Å². The zero-order chi connectivity index (χ0) is 13.3. The molecule has 0 saturated carbocycles. The first-order chi connectivity index (χ1) is 8.91. The van der Waals surface area contributed by atoms with E-state index in [2.05, 4.69) is 94.7 Å². The van der Waals surface area contributed by atoms with Gasteiger partial charge in [-0.3, -0.25) is 0 Å². The van der Waals surface area contributed by atoms with Crippen molar-refractivity contribution in [3.05, 3.63) is 0 Å². The van der Waals surface area contributed by atoms with Crippen LogP contribution in [-0.2, 0) is 0 Å². The Labute approximate surface area is 108 Å². The Kier molecular flexibility index (Phi) is 10.2. The third kappa shape index (κ3) is 12.0. The van der Waals surface area contributed by atoms with Gasteiger partial charge in [-0.05, 0) is 94.7 Å². The fourth-order valence-electron chi connectivity index (χ4n) is 0.447. The zero-order valence-corrected chi connectivity index (χ0v) is 9.15. The maximum atomic E-state index is 4.88. The molecule has 0 unspecified atom stereocenters.